The summed E-state index contributed by atoms with van der Waals surface area (Å²) in [6, 6.07) is 11.9. The van der Waals surface area contributed by atoms with Crippen LogP contribution in [0.2, 0.25) is 0 Å². The highest BCUT2D eigenvalue weighted by Crippen LogP contribution is 2.41. The van der Waals surface area contributed by atoms with Crippen LogP contribution in [-0.2, 0) is 16.0 Å². The van der Waals surface area contributed by atoms with E-state index in [1.54, 1.807) is 19.1 Å². The fraction of sp³-hybridized carbons (Fsp3) is 0.364. The Morgan fingerprint density at radius 1 is 0.967 bits per heavy atom. The Balaban J connectivity index is 1.55. The number of halogens is 3. The Hall–Kier alpha value is -2.48. The van der Waals surface area contributed by atoms with Crippen molar-refractivity contribution in [3.63, 3.8) is 0 Å². The van der Waals surface area contributed by atoms with Gasteiger partial charge in [-0.3, -0.25) is 0 Å². The lowest BCUT2D eigenvalue weighted by Gasteiger charge is -2.41. The Bertz CT molecular complexity index is 1060. The van der Waals surface area contributed by atoms with Gasteiger partial charge in [-0.2, -0.15) is 13.2 Å². The molecular formula is C22H22F3NO3S. The molecule has 1 atom stereocenters. The van der Waals surface area contributed by atoms with E-state index in [1.807, 2.05) is 12.1 Å². The first-order chi connectivity index (χ1) is 14.1. The molecule has 1 saturated heterocycles. The number of rotatable bonds is 3. The van der Waals surface area contributed by atoms with Gasteiger partial charge < -0.3 is 9.64 Å². The lowest BCUT2D eigenvalue weighted by atomic mass is 9.87. The number of sulfone groups is 1. The van der Waals surface area contributed by atoms with Crippen molar-refractivity contribution in [3.05, 3.63) is 70.3 Å². The van der Waals surface area contributed by atoms with E-state index in [9.17, 15) is 21.6 Å². The number of nitrogens with zero attached hydrogens (tertiary/aromatic N) is 1. The number of fused-ring (bicyclic) bond motifs is 1. The molecule has 2 aliphatic rings. The van der Waals surface area contributed by atoms with E-state index < -0.39 is 21.6 Å². The zero-order valence-corrected chi connectivity index (χ0v) is 17.3. The topological polar surface area (TPSA) is 46.6 Å². The van der Waals surface area contributed by atoms with Crippen molar-refractivity contribution in [1.29, 1.82) is 0 Å². The standard InChI is InChI=1S/C22H22F3NO3S/c1-15-21-20(3-2-12-26(21)13-14-30(15,27)28)16-4-8-18(9-5-16)29-19-10-6-17(7-11-19)22(23,24)25/h4-11,20H,2-3,12-14H2,1H3. The van der Waals surface area contributed by atoms with Crippen molar-refractivity contribution in [2.45, 2.75) is 31.9 Å². The van der Waals surface area contributed by atoms with Crippen molar-refractivity contribution in [2.75, 3.05) is 18.8 Å². The first-order valence-corrected chi connectivity index (χ1v) is 11.4. The highest BCUT2D eigenvalue weighted by Gasteiger charge is 2.35. The summed E-state index contributed by atoms with van der Waals surface area (Å²) in [5.74, 6) is 0.994. The molecule has 1 unspecified atom stereocenters. The Morgan fingerprint density at radius 3 is 2.17 bits per heavy atom. The van der Waals surface area contributed by atoms with Crippen molar-refractivity contribution in [1.82, 2.24) is 4.90 Å². The van der Waals surface area contributed by atoms with E-state index in [4.69, 9.17) is 4.74 Å². The third-order valence-electron chi connectivity index (χ3n) is 5.75. The molecule has 2 heterocycles. The number of hydrogen-bond acceptors (Lipinski definition) is 4. The van der Waals surface area contributed by atoms with Crippen LogP contribution in [0.5, 0.6) is 11.5 Å². The molecule has 2 aromatic carbocycles. The van der Waals surface area contributed by atoms with E-state index in [2.05, 4.69) is 4.90 Å². The third-order valence-corrected chi connectivity index (χ3v) is 7.61. The van der Waals surface area contributed by atoms with Crippen molar-refractivity contribution in [3.8, 4) is 11.5 Å². The van der Waals surface area contributed by atoms with Gasteiger partial charge in [0.1, 0.15) is 11.5 Å². The molecule has 0 N–H and O–H groups in total. The van der Waals surface area contributed by atoms with E-state index >= 15 is 0 Å². The van der Waals surface area contributed by atoms with E-state index in [0.29, 0.717) is 22.9 Å². The minimum atomic E-state index is -4.38. The van der Waals surface area contributed by atoms with Crippen LogP contribution in [-0.4, -0.2) is 32.2 Å². The summed E-state index contributed by atoms with van der Waals surface area (Å²) >= 11 is 0. The number of allylic oxidation sites excluding steroid dienone is 2. The molecule has 0 radical (unpaired) electrons. The summed E-state index contributed by atoms with van der Waals surface area (Å²) in [4.78, 5) is 2.64. The molecule has 4 nitrogen and oxygen atoms in total. The number of hydrogen-bond donors (Lipinski definition) is 0. The van der Waals surface area contributed by atoms with Crippen LogP contribution < -0.4 is 4.74 Å². The van der Waals surface area contributed by atoms with Gasteiger partial charge in [-0.1, -0.05) is 12.1 Å². The molecule has 1 fully saturated rings. The largest absolute Gasteiger partial charge is 0.457 e. The SMILES string of the molecule is CC1=C2C(c3ccc(Oc4ccc(C(F)(F)F)cc4)cc3)CCCN2CCS1(=O)=O. The fourth-order valence-corrected chi connectivity index (χ4v) is 5.50. The number of piperidine rings is 1. The highest BCUT2D eigenvalue weighted by molar-refractivity contribution is 7.95. The summed E-state index contributed by atoms with van der Waals surface area (Å²) in [5.41, 5.74) is 1.17. The molecule has 2 aromatic rings. The fourth-order valence-electron chi connectivity index (χ4n) is 4.15. The number of alkyl halides is 3. The molecule has 0 spiro atoms. The molecule has 4 rings (SSSR count). The first kappa shape index (κ1) is 20.8. The van der Waals surface area contributed by atoms with Gasteiger partial charge in [-0.25, -0.2) is 8.42 Å². The first-order valence-electron chi connectivity index (χ1n) is 9.79. The molecule has 0 amide bonds. The summed E-state index contributed by atoms with van der Waals surface area (Å²) < 4.78 is 68.5. The van der Waals surface area contributed by atoms with Gasteiger partial charge in [-0.15, -0.1) is 0 Å². The molecular weight excluding hydrogens is 415 g/mol. The van der Waals surface area contributed by atoms with Crippen molar-refractivity contribution >= 4 is 9.84 Å². The molecule has 160 valence electrons. The van der Waals surface area contributed by atoms with Gasteiger partial charge >= 0.3 is 6.18 Å². The van der Waals surface area contributed by atoms with Crippen LogP contribution in [0.15, 0.2) is 59.1 Å². The quantitative estimate of drug-likeness (QED) is 0.651. The molecule has 0 aliphatic carbocycles. The van der Waals surface area contributed by atoms with Gasteiger partial charge in [-0.05, 0) is 61.7 Å². The van der Waals surface area contributed by atoms with E-state index in [-0.39, 0.29) is 11.7 Å². The second kappa shape index (κ2) is 7.65. The second-order valence-corrected chi connectivity index (χ2v) is 9.89. The summed E-state index contributed by atoms with van der Waals surface area (Å²) in [6.07, 6.45) is -2.52. The molecule has 0 saturated carbocycles. The van der Waals surface area contributed by atoms with E-state index in [0.717, 1.165) is 42.8 Å². The maximum atomic E-state index is 12.7. The molecule has 8 heteroatoms. The minimum absolute atomic E-state index is 0.00828. The maximum absolute atomic E-state index is 12.7. The zero-order valence-electron chi connectivity index (χ0n) is 16.4. The normalized spacial score (nSPS) is 21.3. The molecule has 2 aliphatic heterocycles. The van der Waals surface area contributed by atoms with Crippen LogP contribution >= 0.6 is 0 Å². The predicted molar refractivity (Wildman–Crippen MR) is 108 cm³/mol. The minimum Gasteiger partial charge on any atom is -0.457 e. The summed E-state index contributed by atoms with van der Waals surface area (Å²) in [5, 5.41) is 0. The van der Waals surface area contributed by atoms with E-state index in [1.165, 1.54) is 12.1 Å². The number of ether oxygens (including phenoxy) is 1. The zero-order chi connectivity index (χ0) is 21.5. The summed E-state index contributed by atoms with van der Waals surface area (Å²) in [7, 11) is -3.20. The molecule has 30 heavy (non-hydrogen) atoms. The Kier molecular flexibility index (Phi) is 5.30. The van der Waals surface area contributed by atoms with Crippen LogP contribution in [0.4, 0.5) is 13.2 Å². The maximum Gasteiger partial charge on any atom is 0.416 e. The third kappa shape index (κ3) is 4.05. The molecule has 0 bridgehead atoms. The van der Waals surface area contributed by atoms with Crippen LogP contribution in [0.3, 0.4) is 0 Å². The van der Waals surface area contributed by atoms with Crippen LogP contribution in [0.1, 0.15) is 36.8 Å². The Labute approximate surface area is 173 Å². The Morgan fingerprint density at radius 2 is 1.57 bits per heavy atom. The second-order valence-electron chi connectivity index (χ2n) is 7.64. The molecule has 0 aromatic heterocycles. The predicted octanol–water partition coefficient (Wildman–Crippen LogP) is 5.34. The van der Waals surface area contributed by atoms with Gasteiger partial charge in [0.2, 0.25) is 0 Å². The van der Waals surface area contributed by atoms with Crippen LogP contribution in [0.25, 0.3) is 0 Å². The van der Waals surface area contributed by atoms with Crippen LogP contribution in [0, 0.1) is 0 Å². The average Bonchev–Trinajstić information content (AvgIpc) is 2.71. The lowest BCUT2D eigenvalue weighted by molar-refractivity contribution is -0.137. The van der Waals surface area contributed by atoms with Gasteiger partial charge in [0.05, 0.1) is 16.2 Å². The smallest absolute Gasteiger partial charge is 0.416 e. The van der Waals surface area contributed by atoms with Gasteiger partial charge in [0, 0.05) is 24.7 Å². The van der Waals surface area contributed by atoms with Gasteiger partial charge in [0.15, 0.2) is 9.84 Å². The monoisotopic (exact) mass is 437 g/mol. The lowest BCUT2D eigenvalue weighted by Crippen LogP contribution is -2.41. The van der Waals surface area contributed by atoms with Gasteiger partial charge in [0.25, 0.3) is 0 Å². The highest BCUT2D eigenvalue weighted by atomic mass is 32.2. The summed E-state index contributed by atoms with van der Waals surface area (Å²) in [6.45, 7) is 3.09. The van der Waals surface area contributed by atoms with Crippen molar-refractivity contribution in [2.24, 2.45) is 0 Å². The number of benzene rings is 2. The average molecular weight is 437 g/mol. The van der Waals surface area contributed by atoms with Crippen molar-refractivity contribution < 1.29 is 26.3 Å².